The lowest BCUT2D eigenvalue weighted by molar-refractivity contribution is 0.0831. The van der Waals surface area contributed by atoms with E-state index in [1.165, 1.54) is 0 Å². The summed E-state index contributed by atoms with van der Waals surface area (Å²) < 4.78 is 10.6. The van der Waals surface area contributed by atoms with E-state index in [-0.39, 0.29) is 24.5 Å². The van der Waals surface area contributed by atoms with Gasteiger partial charge in [-0.05, 0) is 37.5 Å². The van der Waals surface area contributed by atoms with Crippen LogP contribution in [0, 0.1) is 12.8 Å². The number of benzene rings is 1. The number of ketones is 1. The van der Waals surface area contributed by atoms with Crippen molar-refractivity contribution in [2.24, 2.45) is 11.7 Å². The van der Waals surface area contributed by atoms with Crippen molar-refractivity contribution in [2.45, 2.75) is 25.8 Å². The van der Waals surface area contributed by atoms with Crippen LogP contribution in [0.25, 0.3) is 0 Å². The van der Waals surface area contributed by atoms with Crippen molar-refractivity contribution in [3.05, 3.63) is 23.3 Å². The summed E-state index contributed by atoms with van der Waals surface area (Å²) >= 11 is 0. The van der Waals surface area contributed by atoms with Crippen LogP contribution in [0.2, 0.25) is 0 Å². The Balaban J connectivity index is 1.90. The number of carbonyl (C=O) groups is 1. The van der Waals surface area contributed by atoms with Crippen LogP contribution in [-0.4, -0.2) is 18.6 Å². The summed E-state index contributed by atoms with van der Waals surface area (Å²) in [6.45, 7) is 2.16. The van der Waals surface area contributed by atoms with Gasteiger partial charge in [-0.25, -0.2) is 0 Å². The zero-order chi connectivity index (χ0) is 12.0. The third kappa shape index (κ3) is 1.69. The Labute approximate surface area is 99.7 Å². The number of carbonyl (C=O) groups excluding carboxylic acids is 1. The van der Waals surface area contributed by atoms with Crippen molar-refractivity contribution in [1.29, 1.82) is 0 Å². The topological polar surface area (TPSA) is 61.6 Å². The quantitative estimate of drug-likeness (QED) is 0.789. The van der Waals surface area contributed by atoms with Gasteiger partial charge in [0.15, 0.2) is 17.3 Å². The molecule has 0 atom stereocenters. The van der Waals surface area contributed by atoms with Crippen LogP contribution in [0.1, 0.15) is 28.8 Å². The third-order valence-electron chi connectivity index (χ3n) is 3.53. The first-order chi connectivity index (χ1) is 8.15. The minimum absolute atomic E-state index is 0.0871. The molecule has 1 aliphatic heterocycles. The Morgan fingerprint density at radius 3 is 2.59 bits per heavy atom. The van der Waals surface area contributed by atoms with Crippen molar-refractivity contribution in [1.82, 2.24) is 0 Å². The van der Waals surface area contributed by atoms with Crippen molar-refractivity contribution in [3.63, 3.8) is 0 Å². The number of fused-ring (bicyclic) bond motifs is 1. The Bertz CT molecular complexity index is 478. The molecule has 1 heterocycles. The monoisotopic (exact) mass is 233 g/mol. The van der Waals surface area contributed by atoms with Gasteiger partial charge in [-0.3, -0.25) is 4.79 Å². The van der Waals surface area contributed by atoms with Crippen LogP contribution in [0.4, 0.5) is 0 Å². The van der Waals surface area contributed by atoms with E-state index >= 15 is 0 Å². The number of nitrogens with two attached hydrogens (primary N) is 1. The van der Waals surface area contributed by atoms with Crippen molar-refractivity contribution in [3.8, 4) is 11.5 Å². The van der Waals surface area contributed by atoms with Gasteiger partial charge in [-0.15, -0.1) is 0 Å². The van der Waals surface area contributed by atoms with Gasteiger partial charge in [-0.1, -0.05) is 0 Å². The van der Waals surface area contributed by atoms with E-state index in [1.54, 1.807) is 6.07 Å². The fourth-order valence-electron chi connectivity index (χ4n) is 2.40. The Hall–Kier alpha value is -1.55. The van der Waals surface area contributed by atoms with E-state index in [9.17, 15) is 4.79 Å². The van der Waals surface area contributed by atoms with Gasteiger partial charge in [0.05, 0.1) is 0 Å². The molecule has 0 aromatic heterocycles. The molecule has 0 spiro atoms. The van der Waals surface area contributed by atoms with Gasteiger partial charge < -0.3 is 15.2 Å². The predicted octanol–water partition coefficient (Wildman–Crippen LogP) is 1.64. The fourth-order valence-corrected chi connectivity index (χ4v) is 2.40. The molecule has 1 aromatic rings. The highest BCUT2D eigenvalue weighted by Gasteiger charge is 2.33. The minimum Gasteiger partial charge on any atom is -0.454 e. The maximum Gasteiger partial charge on any atom is 0.231 e. The van der Waals surface area contributed by atoms with Crippen LogP contribution in [-0.2, 0) is 0 Å². The molecular formula is C13H15NO3. The number of hydrogen-bond acceptors (Lipinski definition) is 4. The first-order valence-electron chi connectivity index (χ1n) is 5.85. The second-order valence-electron chi connectivity index (χ2n) is 4.81. The maximum absolute atomic E-state index is 12.2. The average Bonchev–Trinajstić information content (AvgIpc) is 2.69. The zero-order valence-electron chi connectivity index (χ0n) is 9.73. The van der Waals surface area contributed by atoms with E-state index in [4.69, 9.17) is 15.2 Å². The summed E-state index contributed by atoms with van der Waals surface area (Å²) in [5.74, 6) is 1.67. The average molecular weight is 233 g/mol. The van der Waals surface area contributed by atoms with Gasteiger partial charge in [0, 0.05) is 17.5 Å². The molecule has 90 valence electrons. The van der Waals surface area contributed by atoms with E-state index in [0.29, 0.717) is 5.75 Å². The molecule has 0 radical (unpaired) electrons. The highest BCUT2D eigenvalue weighted by molar-refractivity contribution is 6.00. The van der Waals surface area contributed by atoms with Gasteiger partial charge in [0.25, 0.3) is 0 Å². The molecule has 1 fully saturated rings. The highest BCUT2D eigenvalue weighted by atomic mass is 16.7. The Morgan fingerprint density at radius 2 is 1.94 bits per heavy atom. The molecule has 1 aliphatic carbocycles. The molecule has 0 amide bonds. The molecule has 2 N–H and O–H groups in total. The van der Waals surface area contributed by atoms with Crippen LogP contribution in [0.5, 0.6) is 11.5 Å². The smallest absolute Gasteiger partial charge is 0.231 e. The Morgan fingerprint density at radius 1 is 1.29 bits per heavy atom. The SMILES string of the molecule is Cc1cc2c(cc1C(=O)C1CC(N)C1)OCO2. The lowest BCUT2D eigenvalue weighted by atomic mass is 9.75. The van der Waals surface area contributed by atoms with Crippen molar-refractivity contribution in [2.75, 3.05) is 6.79 Å². The molecule has 17 heavy (non-hydrogen) atoms. The standard InChI is InChI=1S/C13H15NO3/c1-7-2-11-12(17-6-16-11)5-10(7)13(15)8-3-9(14)4-8/h2,5,8-9H,3-4,6,14H2,1H3. The van der Waals surface area contributed by atoms with Gasteiger partial charge in [0.2, 0.25) is 6.79 Å². The van der Waals surface area contributed by atoms with Crippen LogP contribution in [0.15, 0.2) is 12.1 Å². The Kier molecular flexibility index (Phi) is 2.33. The lowest BCUT2D eigenvalue weighted by Gasteiger charge is -2.31. The second-order valence-corrected chi connectivity index (χ2v) is 4.81. The molecule has 3 rings (SSSR count). The van der Waals surface area contributed by atoms with E-state index in [0.717, 1.165) is 29.7 Å². The first kappa shape index (κ1) is 10.6. The lowest BCUT2D eigenvalue weighted by Crippen LogP contribution is -2.40. The van der Waals surface area contributed by atoms with Gasteiger partial charge in [-0.2, -0.15) is 0 Å². The van der Waals surface area contributed by atoms with Crippen LogP contribution in [0.3, 0.4) is 0 Å². The molecule has 4 heteroatoms. The number of ether oxygens (including phenoxy) is 2. The summed E-state index contributed by atoms with van der Waals surface area (Å²) in [6.07, 6.45) is 1.60. The molecular weight excluding hydrogens is 218 g/mol. The number of rotatable bonds is 2. The zero-order valence-corrected chi connectivity index (χ0v) is 9.73. The molecule has 1 saturated carbocycles. The summed E-state index contributed by atoms with van der Waals surface area (Å²) in [5, 5.41) is 0. The normalized spacial score (nSPS) is 25.5. The summed E-state index contributed by atoms with van der Waals surface area (Å²) in [4.78, 5) is 12.2. The van der Waals surface area contributed by atoms with E-state index in [1.807, 2.05) is 13.0 Å². The minimum atomic E-state index is 0.0871. The molecule has 0 unspecified atom stereocenters. The van der Waals surface area contributed by atoms with Crippen molar-refractivity contribution >= 4 is 5.78 Å². The van der Waals surface area contributed by atoms with Gasteiger partial charge in [0.1, 0.15) is 0 Å². The second kappa shape index (κ2) is 3.74. The molecule has 4 nitrogen and oxygen atoms in total. The number of Topliss-reactive ketones (excluding diaryl/α,β-unsaturated/α-hetero) is 1. The molecule has 0 saturated heterocycles. The summed E-state index contributed by atoms with van der Waals surface area (Å²) in [5.41, 5.74) is 7.40. The number of aryl methyl sites for hydroxylation is 1. The van der Waals surface area contributed by atoms with E-state index in [2.05, 4.69) is 0 Å². The van der Waals surface area contributed by atoms with Crippen LogP contribution < -0.4 is 15.2 Å². The first-order valence-corrected chi connectivity index (χ1v) is 5.85. The largest absolute Gasteiger partial charge is 0.454 e. The molecule has 0 bridgehead atoms. The van der Waals surface area contributed by atoms with Gasteiger partial charge >= 0.3 is 0 Å². The molecule has 1 aromatic carbocycles. The van der Waals surface area contributed by atoms with Crippen molar-refractivity contribution < 1.29 is 14.3 Å². The fraction of sp³-hybridized carbons (Fsp3) is 0.462. The van der Waals surface area contributed by atoms with E-state index < -0.39 is 0 Å². The molecule has 2 aliphatic rings. The summed E-state index contributed by atoms with van der Waals surface area (Å²) in [7, 11) is 0. The predicted molar refractivity (Wildman–Crippen MR) is 62.3 cm³/mol. The third-order valence-corrected chi connectivity index (χ3v) is 3.53. The maximum atomic E-state index is 12.2. The number of hydrogen-bond donors (Lipinski definition) is 1. The highest BCUT2D eigenvalue weighted by Crippen LogP contribution is 2.37. The summed E-state index contributed by atoms with van der Waals surface area (Å²) in [6, 6.07) is 3.86. The van der Waals surface area contributed by atoms with Crippen LogP contribution >= 0.6 is 0 Å².